The van der Waals surface area contributed by atoms with Gasteiger partial charge in [0.15, 0.2) is 6.10 Å². The van der Waals surface area contributed by atoms with Crippen LogP contribution in [0.5, 0.6) is 0 Å². The number of ether oxygens (including phenoxy) is 1. The number of hydrogen-bond donors (Lipinski definition) is 1. The summed E-state index contributed by atoms with van der Waals surface area (Å²) in [6.45, 7) is 7.01. The third-order valence-electron chi connectivity index (χ3n) is 4.88. The van der Waals surface area contributed by atoms with E-state index in [-0.39, 0.29) is 0 Å². The molecule has 2 aromatic carbocycles. The monoisotopic (exact) mass is 368 g/mol. The first-order chi connectivity index (χ1) is 12.5. The molecule has 0 amide bonds. The second kappa shape index (κ2) is 9.50. The van der Waals surface area contributed by atoms with Crippen LogP contribution in [0.2, 0.25) is 18.6 Å². The Hall–Kier alpha value is -2.17. The molecule has 0 saturated heterocycles. The molecule has 0 aliphatic carbocycles. The second-order valence-corrected chi connectivity index (χ2v) is 11.8. The Morgan fingerprint density at radius 1 is 1.08 bits per heavy atom. The maximum Gasteiger partial charge on any atom is 0.339 e. The Balaban J connectivity index is 1.97. The Morgan fingerprint density at radius 3 is 2.23 bits per heavy atom. The minimum Gasteiger partial charge on any atom is -0.464 e. The van der Waals surface area contributed by atoms with Gasteiger partial charge in [0.2, 0.25) is 0 Å². The van der Waals surface area contributed by atoms with Gasteiger partial charge < -0.3 is 9.84 Å². The average Bonchev–Trinajstić information content (AvgIpc) is 2.68. The molecule has 1 N–H and O–H groups in total. The van der Waals surface area contributed by atoms with Crippen LogP contribution in [0.25, 0.3) is 0 Å². The van der Waals surface area contributed by atoms with Crippen LogP contribution in [0.4, 0.5) is 0 Å². The molecule has 2 atom stereocenters. The van der Waals surface area contributed by atoms with Crippen molar-refractivity contribution in [1.82, 2.24) is 0 Å². The maximum absolute atomic E-state index is 12.1. The summed E-state index contributed by atoms with van der Waals surface area (Å²) in [5, 5.41) is 11.5. The van der Waals surface area contributed by atoms with Crippen molar-refractivity contribution >= 4 is 19.2 Å². The zero-order chi connectivity index (χ0) is 19.0. The molecule has 0 bridgehead atoms. The fourth-order valence-electron chi connectivity index (χ4n) is 3.15. The van der Waals surface area contributed by atoms with Gasteiger partial charge >= 0.3 is 5.97 Å². The van der Waals surface area contributed by atoms with E-state index in [9.17, 15) is 9.90 Å². The lowest BCUT2D eigenvalue weighted by atomic mass is 10.1. The summed E-state index contributed by atoms with van der Waals surface area (Å²) >= 11 is 0. The third kappa shape index (κ3) is 5.16. The average molecular weight is 369 g/mol. The molecule has 138 valence electrons. The van der Waals surface area contributed by atoms with E-state index in [1.165, 1.54) is 5.19 Å². The highest BCUT2D eigenvalue weighted by Gasteiger charge is 2.32. The number of rotatable bonds is 8. The predicted octanol–water partition coefficient (Wildman–Crippen LogP) is 4.22. The largest absolute Gasteiger partial charge is 0.464 e. The number of hydrogen-bond acceptors (Lipinski definition) is 3. The van der Waals surface area contributed by atoms with Crippen molar-refractivity contribution in [2.45, 2.75) is 38.1 Å². The van der Waals surface area contributed by atoms with Crippen LogP contribution in [0.15, 0.2) is 72.8 Å². The predicted molar refractivity (Wildman–Crippen MR) is 109 cm³/mol. The molecule has 0 saturated carbocycles. The lowest BCUT2D eigenvalue weighted by Crippen LogP contribution is -2.45. The minimum atomic E-state index is -1.73. The Morgan fingerprint density at radius 2 is 1.65 bits per heavy atom. The lowest BCUT2D eigenvalue weighted by Gasteiger charge is -2.31. The van der Waals surface area contributed by atoms with E-state index in [0.717, 1.165) is 6.42 Å². The smallest absolute Gasteiger partial charge is 0.339 e. The van der Waals surface area contributed by atoms with Crippen LogP contribution in [-0.4, -0.2) is 25.8 Å². The molecule has 0 radical (unpaired) electrons. The van der Waals surface area contributed by atoms with Gasteiger partial charge in [-0.3, -0.25) is 0 Å². The van der Waals surface area contributed by atoms with E-state index in [1.807, 2.05) is 19.1 Å². The van der Waals surface area contributed by atoms with Gasteiger partial charge in [0, 0.05) is 0 Å². The molecular weight excluding hydrogens is 340 g/mol. The fourth-order valence-corrected chi connectivity index (χ4v) is 6.14. The number of aliphatic hydroxyl groups excluding tert-OH is 1. The van der Waals surface area contributed by atoms with Crippen molar-refractivity contribution in [1.29, 1.82) is 0 Å². The van der Waals surface area contributed by atoms with Crippen LogP contribution in [0.1, 0.15) is 25.0 Å². The standard InChI is InChI=1S/C22H28O3Si/c1-4-11-19(26(2,3)20-14-9-6-10-15-20)16-17-25-22(24)21(23)18-12-7-5-8-13-18/h4-15,19,21,23H,16-17H2,1-3H3/b11-4+/t19-,21?/m1/s1. The topological polar surface area (TPSA) is 46.5 Å². The molecule has 0 spiro atoms. The summed E-state index contributed by atoms with van der Waals surface area (Å²) in [4.78, 5) is 12.1. The first-order valence-electron chi connectivity index (χ1n) is 9.04. The summed E-state index contributed by atoms with van der Waals surface area (Å²) in [6, 6.07) is 19.4. The molecule has 4 heteroatoms. The number of carbonyl (C=O) groups excluding carboxylic acids is 1. The van der Waals surface area contributed by atoms with Crippen molar-refractivity contribution in [3.05, 3.63) is 78.4 Å². The fraction of sp³-hybridized carbons (Fsp3) is 0.318. The molecule has 26 heavy (non-hydrogen) atoms. The van der Waals surface area contributed by atoms with E-state index in [2.05, 4.69) is 49.5 Å². The lowest BCUT2D eigenvalue weighted by molar-refractivity contribution is -0.154. The van der Waals surface area contributed by atoms with Gasteiger partial charge in [-0.15, -0.1) is 0 Å². The zero-order valence-electron chi connectivity index (χ0n) is 15.8. The third-order valence-corrected chi connectivity index (χ3v) is 9.04. The molecule has 0 aliphatic rings. The van der Waals surface area contributed by atoms with E-state index < -0.39 is 20.1 Å². The quantitative estimate of drug-likeness (QED) is 0.431. The van der Waals surface area contributed by atoms with Gasteiger partial charge in [-0.05, 0) is 24.4 Å². The van der Waals surface area contributed by atoms with E-state index in [0.29, 0.717) is 17.7 Å². The minimum absolute atomic E-state index is 0.307. The van der Waals surface area contributed by atoms with Crippen LogP contribution < -0.4 is 5.19 Å². The summed E-state index contributed by atoms with van der Waals surface area (Å²) in [6.07, 6.45) is 3.82. The number of allylic oxidation sites excluding steroid dienone is 2. The van der Waals surface area contributed by atoms with E-state index in [1.54, 1.807) is 24.3 Å². The van der Waals surface area contributed by atoms with Crippen LogP contribution in [0, 0.1) is 0 Å². The molecule has 0 aliphatic heterocycles. The number of esters is 1. The first-order valence-corrected chi connectivity index (χ1v) is 12.1. The van der Waals surface area contributed by atoms with Crippen molar-refractivity contribution in [3.8, 4) is 0 Å². The van der Waals surface area contributed by atoms with Gasteiger partial charge in [0.25, 0.3) is 0 Å². The molecule has 2 aromatic rings. The summed E-state index contributed by atoms with van der Waals surface area (Å²) in [5.74, 6) is -0.588. The summed E-state index contributed by atoms with van der Waals surface area (Å²) in [5.41, 5.74) is 0.915. The SMILES string of the molecule is C/C=C/[C@H](CCOC(=O)C(O)c1ccccc1)[Si](C)(C)c1ccccc1. The first kappa shape index (κ1) is 20.1. The van der Waals surface area contributed by atoms with Gasteiger partial charge in [0.05, 0.1) is 14.7 Å². The number of carbonyl (C=O) groups is 1. The Kier molecular flexibility index (Phi) is 7.36. The van der Waals surface area contributed by atoms with Crippen LogP contribution in [-0.2, 0) is 9.53 Å². The molecule has 0 fully saturated rings. The molecule has 3 nitrogen and oxygen atoms in total. The number of benzene rings is 2. The Labute approximate surface area is 157 Å². The highest BCUT2D eigenvalue weighted by molar-refractivity contribution is 6.91. The van der Waals surface area contributed by atoms with Crippen LogP contribution >= 0.6 is 0 Å². The van der Waals surface area contributed by atoms with Crippen molar-refractivity contribution in [2.24, 2.45) is 0 Å². The molecule has 2 rings (SSSR count). The normalized spacial score (nSPS) is 14.2. The van der Waals surface area contributed by atoms with Crippen molar-refractivity contribution in [3.63, 3.8) is 0 Å². The summed E-state index contributed by atoms with van der Waals surface area (Å²) < 4.78 is 5.37. The van der Waals surface area contributed by atoms with Crippen LogP contribution in [0.3, 0.4) is 0 Å². The zero-order valence-corrected chi connectivity index (χ0v) is 16.8. The highest BCUT2D eigenvalue weighted by atomic mass is 28.3. The molecule has 0 aromatic heterocycles. The van der Waals surface area contributed by atoms with Gasteiger partial charge in [0.1, 0.15) is 0 Å². The Bertz CT molecular complexity index is 711. The van der Waals surface area contributed by atoms with E-state index >= 15 is 0 Å². The van der Waals surface area contributed by atoms with Gasteiger partial charge in [-0.25, -0.2) is 4.79 Å². The van der Waals surface area contributed by atoms with Gasteiger partial charge in [-0.1, -0.05) is 91.1 Å². The molecular formula is C22H28O3Si. The number of aliphatic hydroxyl groups is 1. The van der Waals surface area contributed by atoms with E-state index in [4.69, 9.17) is 4.74 Å². The van der Waals surface area contributed by atoms with Crippen molar-refractivity contribution in [2.75, 3.05) is 6.61 Å². The molecule has 1 unspecified atom stereocenters. The van der Waals surface area contributed by atoms with Crippen molar-refractivity contribution < 1.29 is 14.6 Å². The molecule has 0 heterocycles. The summed E-state index contributed by atoms with van der Waals surface area (Å²) in [7, 11) is -1.73. The highest BCUT2D eigenvalue weighted by Crippen LogP contribution is 2.27. The maximum atomic E-state index is 12.1. The second-order valence-electron chi connectivity index (χ2n) is 6.99. The van der Waals surface area contributed by atoms with Gasteiger partial charge in [-0.2, -0.15) is 0 Å².